The van der Waals surface area contributed by atoms with Crippen molar-refractivity contribution < 1.29 is 14.2 Å². The van der Waals surface area contributed by atoms with Crippen LogP contribution in [0.3, 0.4) is 0 Å². The number of hydrogen-bond acceptors (Lipinski definition) is 5. The summed E-state index contributed by atoms with van der Waals surface area (Å²) >= 11 is 0. The minimum Gasteiger partial charge on any atom is -0.381 e. The molecule has 0 aliphatic carbocycles. The molecule has 2 heterocycles. The van der Waals surface area contributed by atoms with E-state index in [1.807, 2.05) is 7.05 Å². The Labute approximate surface area is 181 Å². The van der Waals surface area contributed by atoms with E-state index in [1.54, 1.807) is 0 Å². The first-order valence-corrected chi connectivity index (χ1v) is 11.1. The zero-order chi connectivity index (χ0) is 21.2. The van der Waals surface area contributed by atoms with E-state index < -0.39 is 0 Å². The first-order chi connectivity index (χ1) is 14.6. The third kappa shape index (κ3) is 7.23. The number of hydrogen-bond donors (Lipinski definition) is 2. The van der Waals surface area contributed by atoms with Gasteiger partial charge in [0, 0.05) is 52.0 Å². The van der Waals surface area contributed by atoms with Gasteiger partial charge in [-0.05, 0) is 37.8 Å². The summed E-state index contributed by atoms with van der Waals surface area (Å²) in [5.74, 6) is 0.822. The maximum absolute atomic E-state index is 6.00. The number of ether oxygens (including phenoxy) is 3. The number of nitrogens with one attached hydrogen (secondary N) is 2. The van der Waals surface area contributed by atoms with Crippen LogP contribution < -0.4 is 10.6 Å². The monoisotopic (exact) mass is 418 g/mol. The zero-order valence-corrected chi connectivity index (χ0v) is 18.8. The summed E-state index contributed by atoms with van der Waals surface area (Å²) in [6.45, 7) is 12.0. The van der Waals surface area contributed by atoms with Crippen LogP contribution in [0.2, 0.25) is 0 Å². The van der Waals surface area contributed by atoms with E-state index in [0.29, 0.717) is 12.7 Å². The van der Waals surface area contributed by atoms with Gasteiger partial charge in [0.15, 0.2) is 5.96 Å². The lowest BCUT2D eigenvalue weighted by Crippen LogP contribution is -2.56. The molecule has 7 heteroatoms. The van der Waals surface area contributed by atoms with Crippen molar-refractivity contribution >= 4 is 5.96 Å². The van der Waals surface area contributed by atoms with Gasteiger partial charge in [-0.25, -0.2) is 0 Å². The number of aliphatic imine (C=N–C) groups is 1. The van der Waals surface area contributed by atoms with E-state index >= 15 is 0 Å². The van der Waals surface area contributed by atoms with Crippen molar-refractivity contribution in [1.29, 1.82) is 0 Å². The average molecular weight is 419 g/mol. The third-order valence-electron chi connectivity index (χ3n) is 5.92. The van der Waals surface area contributed by atoms with Gasteiger partial charge in [0.05, 0.1) is 25.9 Å². The molecule has 7 nitrogen and oxygen atoms in total. The molecule has 0 radical (unpaired) electrons. The van der Waals surface area contributed by atoms with Gasteiger partial charge in [-0.1, -0.05) is 24.3 Å². The summed E-state index contributed by atoms with van der Waals surface area (Å²) in [5, 5.41) is 6.89. The third-order valence-corrected chi connectivity index (χ3v) is 5.92. The molecule has 1 aromatic carbocycles. The Morgan fingerprint density at radius 3 is 2.33 bits per heavy atom. The maximum Gasteiger partial charge on any atom is 0.191 e. The molecule has 0 spiro atoms. The van der Waals surface area contributed by atoms with Crippen molar-refractivity contribution in [3.8, 4) is 0 Å². The summed E-state index contributed by atoms with van der Waals surface area (Å²) in [6, 6.07) is 8.60. The SMILES string of the molecule is CN=C(NCc1ccc(COC2CCOCC2)cc1)NCC(C)(C)N1CCOCC1. The van der Waals surface area contributed by atoms with Crippen molar-refractivity contribution in [1.82, 2.24) is 15.5 Å². The molecule has 1 aromatic rings. The Morgan fingerprint density at radius 1 is 1.03 bits per heavy atom. The average Bonchev–Trinajstić information content (AvgIpc) is 2.80. The van der Waals surface area contributed by atoms with Crippen LogP contribution in [0, 0.1) is 0 Å². The van der Waals surface area contributed by atoms with E-state index in [9.17, 15) is 0 Å². The molecule has 2 fully saturated rings. The van der Waals surface area contributed by atoms with Crippen LogP contribution in [-0.2, 0) is 27.4 Å². The van der Waals surface area contributed by atoms with Gasteiger partial charge in [-0.15, -0.1) is 0 Å². The van der Waals surface area contributed by atoms with Crippen molar-refractivity contribution in [3.05, 3.63) is 35.4 Å². The summed E-state index contributed by atoms with van der Waals surface area (Å²) < 4.78 is 16.9. The molecule has 0 aromatic heterocycles. The normalized spacial score (nSPS) is 19.6. The van der Waals surface area contributed by atoms with Gasteiger partial charge in [0.1, 0.15) is 0 Å². The lowest BCUT2D eigenvalue weighted by molar-refractivity contribution is -0.0390. The Kier molecular flexibility index (Phi) is 8.93. The molecular weight excluding hydrogens is 380 g/mol. The molecule has 0 amide bonds. The van der Waals surface area contributed by atoms with E-state index in [0.717, 1.165) is 71.4 Å². The second kappa shape index (κ2) is 11.6. The van der Waals surface area contributed by atoms with E-state index in [2.05, 4.69) is 58.6 Å². The minimum absolute atomic E-state index is 0.0491. The molecule has 168 valence electrons. The molecule has 2 N–H and O–H groups in total. The van der Waals surface area contributed by atoms with Crippen LogP contribution in [0.25, 0.3) is 0 Å². The topological polar surface area (TPSA) is 67.4 Å². The van der Waals surface area contributed by atoms with Gasteiger partial charge in [0.25, 0.3) is 0 Å². The molecule has 2 aliphatic rings. The predicted octanol–water partition coefficient (Wildman–Crippen LogP) is 2.16. The van der Waals surface area contributed by atoms with Crippen LogP contribution in [0.1, 0.15) is 37.8 Å². The van der Waals surface area contributed by atoms with Gasteiger partial charge < -0.3 is 24.8 Å². The largest absolute Gasteiger partial charge is 0.381 e. The zero-order valence-electron chi connectivity index (χ0n) is 18.8. The van der Waals surface area contributed by atoms with Crippen LogP contribution in [-0.4, -0.2) is 75.6 Å². The number of rotatable bonds is 8. The fourth-order valence-electron chi connectivity index (χ4n) is 3.80. The highest BCUT2D eigenvalue weighted by molar-refractivity contribution is 5.79. The van der Waals surface area contributed by atoms with Gasteiger partial charge >= 0.3 is 0 Å². The molecule has 0 atom stereocenters. The van der Waals surface area contributed by atoms with Crippen LogP contribution in [0.15, 0.2) is 29.3 Å². The highest BCUT2D eigenvalue weighted by Gasteiger charge is 2.28. The highest BCUT2D eigenvalue weighted by atomic mass is 16.5. The van der Waals surface area contributed by atoms with Gasteiger partial charge in [-0.2, -0.15) is 0 Å². The van der Waals surface area contributed by atoms with Gasteiger partial charge in [0.2, 0.25) is 0 Å². The van der Waals surface area contributed by atoms with Crippen molar-refractivity contribution in [2.45, 2.75) is 51.5 Å². The van der Waals surface area contributed by atoms with Crippen molar-refractivity contribution in [2.75, 3.05) is 53.1 Å². The molecule has 0 saturated carbocycles. The Balaban J connectivity index is 1.39. The minimum atomic E-state index is 0.0491. The fraction of sp³-hybridized carbons (Fsp3) is 0.696. The van der Waals surface area contributed by atoms with Gasteiger partial charge in [-0.3, -0.25) is 9.89 Å². The van der Waals surface area contributed by atoms with Crippen molar-refractivity contribution in [3.63, 3.8) is 0 Å². The summed E-state index contributed by atoms with van der Waals surface area (Å²) in [6.07, 6.45) is 2.32. The molecule has 2 aliphatic heterocycles. The molecule has 2 saturated heterocycles. The van der Waals surface area contributed by atoms with Crippen LogP contribution in [0.5, 0.6) is 0 Å². The van der Waals surface area contributed by atoms with E-state index in [4.69, 9.17) is 14.2 Å². The van der Waals surface area contributed by atoms with Crippen molar-refractivity contribution in [2.24, 2.45) is 4.99 Å². The van der Waals surface area contributed by atoms with Crippen LogP contribution >= 0.6 is 0 Å². The second-order valence-electron chi connectivity index (χ2n) is 8.63. The highest BCUT2D eigenvalue weighted by Crippen LogP contribution is 2.15. The molecule has 0 bridgehead atoms. The molecule has 30 heavy (non-hydrogen) atoms. The lowest BCUT2D eigenvalue weighted by atomic mass is 10.0. The fourth-order valence-corrected chi connectivity index (χ4v) is 3.80. The van der Waals surface area contributed by atoms with E-state index in [1.165, 1.54) is 11.1 Å². The Bertz CT molecular complexity index is 651. The Morgan fingerprint density at radius 2 is 1.67 bits per heavy atom. The maximum atomic E-state index is 6.00. The first kappa shape index (κ1) is 23.0. The second-order valence-corrected chi connectivity index (χ2v) is 8.63. The standard InChI is InChI=1S/C23H38N4O3/c1-23(2,27-10-14-29-15-11-27)18-26-22(24-3)25-16-19-4-6-20(7-5-19)17-30-21-8-12-28-13-9-21/h4-7,21H,8-18H2,1-3H3,(H2,24,25,26). The first-order valence-electron chi connectivity index (χ1n) is 11.1. The summed E-state index contributed by atoms with van der Waals surface area (Å²) in [5.41, 5.74) is 2.48. The van der Waals surface area contributed by atoms with Crippen LogP contribution in [0.4, 0.5) is 0 Å². The summed E-state index contributed by atoms with van der Waals surface area (Å²) in [4.78, 5) is 6.84. The Hall–Kier alpha value is -1.67. The van der Waals surface area contributed by atoms with E-state index in [-0.39, 0.29) is 5.54 Å². The molecule has 3 rings (SSSR count). The quantitative estimate of drug-likeness (QED) is 0.498. The number of benzene rings is 1. The number of nitrogens with zero attached hydrogens (tertiary/aromatic N) is 2. The number of morpholine rings is 1. The molecular formula is C23H38N4O3. The smallest absolute Gasteiger partial charge is 0.191 e. The lowest BCUT2D eigenvalue weighted by Gasteiger charge is -2.41. The predicted molar refractivity (Wildman–Crippen MR) is 120 cm³/mol. The number of guanidine groups is 1. The molecule has 0 unspecified atom stereocenters. The summed E-state index contributed by atoms with van der Waals surface area (Å²) in [7, 11) is 1.81.